The number of hydrogen-bond acceptors (Lipinski definition) is 3. The van der Waals surface area contributed by atoms with Gasteiger partial charge in [0.1, 0.15) is 0 Å². The maximum Gasteiger partial charge on any atom is 0.491 e. The van der Waals surface area contributed by atoms with Crippen molar-refractivity contribution in [1.29, 1.82) is 0 Å². The second-order valence-electron chi connectivity index (χ2n) is 2.69. The quantitative estimate of drug-likeness (QED) is 0.528. The first-order valence-electron chi connectivity index (χ1n) is 4.11. The summed E-state index contributed by atoms with van der Waals surface area (Å²) in [5, 5.41) is 0. The molecule has 0 atom stereocenters. The van der Waals surface area contributed by atoms with Gasteiger partial charge in [0.2, 0.25) is 0 Å². The summed E-state index contributed by atoms with van der Waals surface area (Å²) in [6, 6.07) is 7.14. The lowest BCUT2D eigenvalue weighted by Crippen LogP contribution is -2.01. The fraction of sp³-hybridized carbons (Fsp3) is 0.250. The van der Waals surface area contributed by atoms with Crippen molar-refractivity contribution >= 4 is 13.5 Å². The van der Waals surface area contributed by atoms with Crippen LogP contribution in [0.1, 0.15) is 12.5 Å². The molecule has 0 saturated carbocycles. The van der Waals surface area contributed by atoms with Crippen molar-refractivity contribution < 1.29 is 19.0 Å². The Morgan fingerprint density at radius 3 is 2.64 bits per heavy atom. The molecular weight excluding hydrogens is 205 g/mol. The van der Waals surface area contributed by atoms with Gasteiger partial charge in [-0.05, 0) is 18.1 Å². The molecule has 0 heterocycles. The van der Waals surface area contributed by atoms with Crippen LogP contribution >= 0.6 is 7.82 Å². The minimum Gasteiger partial charge on any atom is -0.301 e. The first kappa shape index (κ1) is 11.2. The van der Waals surface area contributed by atoms with Crippen LogP contribution in [0.4, 0.5) is 5.69 Å². The molecule has 1 rings (SSSR count). The molecule has 0 fully saturated rings. The predicted octanol–water partition coefficient (Wildman–Crippen LogP) is 1.69. The van der Waals surface area contributed by atoms with Gasteiger partial charge in [-0.1, -0.05) is 25.1 Å². The maximum atomic E-state index is 10.4. The Kier molecular flexibility index (Phi) is 3.66. The van der Waals surface area contributed by atoms with Gasteiger partial charge in [0, 0.05) is 0 Å². The van der Waals surface area contributed by atoms with Crippen molar-refractivity contribution in [3.8, 4) is 0 Å². The molecule has 78 valence electrons. The number of para-hydroxylation sites is 1. The predicted molar refractivity (Wildman–Crippen MR) is 52.6 cm³/mol. The number of nitrogens with one attached hydrogen (secondary N) is 1. The Hall–Kier alpha value is -0.870. The highest BCUT2D eigenvalue weighted by Crippen LogP contribution is 2.36. The third kappa shape index (κ3) is 3.47. The lowest BCUT2D eigenvalue weighted by molar-refractivity contribution is 0.233. The molecule has 0 amide bonds. The van der Waals surface area contributed by atoms with E-state index in [1.165, 1.54) is 0 Å². The zero-order valence-electron chi connectivity index (χ0n) is 7.67. The van der Waals surface area contributed by atoms with Crippen molar-refractivity contribution in [2.24, 2.45) is 0 Å². The molecule has 1 aromatic carbocycles. The summed E-state index contributed by atoms with van der Waals surface area (Å²) in [6.07, 6.45) is 0.758. The largest absolute Gasteiger partial charge is 0.491 e. The van der Waals surface area contributed by atoms with E-state index in [9.17, 15) is 4.57 Å². The van der Waals surface area contributed by atoms with Crippen LogP contribution in [0.5, 0.6) is 0 Å². The molecule has 6 heteroatoms. The average Bonchev–Trinajstić information content (AvgIpc) is 2.14. The molecule has 0 aliphatic rings. The molecule has 0 bridgehead atoms. The highest BCUT2D eigenvalue weighted by molar-refractivity contribution is 7.46. The lowest BCUT2D eigenvalue weighted by Gasteiger charge is -2.10. The van der Waals surface area contributed by atoms with E-state index in [4.69, 9.17) is 9.79 Å². The maximum absolute atomic E-state index is 10.4. The van der Waals surface area contributed by atoms with Crippen LogP contribution in [0.15, 0.2) is 24.3 Å². The number of anilines is 1. The van der Waals surface area contributed by atoms with E-state index in [1.54, 1.807) is 12.1 Å². The SMILES string of the molecule is CCc1ccccc1NOP(=O)(O)O. The smallest absolute Gasteiger partial charge is 0.301 e. The van der Waals surface area contributed by atoms with Crippen LogP contribution in [-0.4, -0.2) is 9.79 Å². The molecule has 0 aromatic heterocycles. The van der Waals surface area contributed by atoms with Crippen molar-refractivity contribution in [2.45, 2.75) is 13.3 Å². The summed E-state index contributed by atoms with van der Waals surface area (Å²) in [7, 11) is -4.47. The van der Waals surface area contributed by atoms with E-state index in [0.29, 0.717) is 5.69 Å². The van der Waals surface area contributed by atoms with E-state index in [-0.39, 0.29) is 0 Å². The van der Waals surface area contributed by atoms with Crippen LogP contribution in [0.2, 0.25) is 0 Å². The molecule has 3 N–H and O–H groups in total. The number of hydrogen-bond donors (Lipinski definition) is 3. The third-order valence-electron chi connectivity index (χ3n) is 1.67. The third-order valence-corrected chi connectivity index (χ3v) is 2.00. The monoisotopic (exact) mass is 217 g/mol. The van der Waals surface area contributed by atoms with Crippen molar-refractivity contribution in [2.75, 3.05) is 5.48 Å². The zero-order chi connectivity index (χ0) is 10.6. The Morgan fingerprint density at radius 1 is 1.43 bits per heavy atom. The summed E-state index contributed by atoms with van der Waals surface area (Å²) in [4.78, 5) is 16.9. The molecule has 1 aromatic rings. The van der Waals surface area contributed by atoms with Crippen LogP contribution in [0.3, 0.4) is 0 Å². The Bertz CT molecular complexity index is 349. The minimum absolute atomic E-state index is 0.568. The van der Waals surface area contributed by atoms with Gasteiger partial charge in [-0.3, -0.25) is 5.48 Å². The average molecular weight is 217 g/mol. The molecule has 14 heavy (non-hydrogen) atoms. The van der Waals surface area contributed by atoms with Crippen LogP contribution in [0.25, 0.3) is 0 Å². The molecule has 0 aliphatic carbocycles. The standard InChI is InChI=1S/C8H12NO4P/c1-2-7-5-3-4-6-8(7)9-13-14(10,11)12/h3-6,9H,2H2,1H3,(H2,10,11,12). The van der Waals surface area contributed by atoms with Gasteiger partial charge in [0.15, 0.2) is 0 Å². The van der Waals surface area contributed by atoms with E-state index in [1.807, 2.05) is 19.1 Å². The Balaban J connectivity index is 2.71. The number of phosphoric acid groups is 1. The van der Waals surface area contributed by atoms with Crippen molar-refractivity contribution in [1.82, 2.24) is 0 Å². The van der Waals surface area contributed by atoms with Gasteiger partial charge in [0.25, 0.3) is 0 Å². The first-order valence-corrected chi connectivity index (χ1v) is 5.64. The fourth-order valence-corrected chi connectivity index (χ4v) is 1.25. The summed E-state index contributed by atoms with van der Waals surface area (Å²) < 4.78 is 14.6. The van der Waals surface area contributed by atoms with Crippen LogP contribution in [-0.2, 0) is 15.6 Å². The lowest BCUT2D eigenvalue weighted by atomic mass is 10.1. The number of aryl methyl sites for hydroxylation is 1. The van der Waals surface area contributed by atoms with Crippen molar-refractivity contribution in [3.63, 3.8) is 0 Å². The first-order chi connectivity index (χ1) is 6.53. The molecule has 0 unspecified atom stereocenters. The summed E-state index contributed by atoms with van der Waals surface area (Å²) in [6.45, 7) is 1.94. The molecule has 0 saturated heterocycles. The molecular formula is C8H12NO4P. The highest BCUT2D eigenvalue weighted by atomic mass is 31.2. The van der Waals surface area contributed by atoms with E-state index >= 15 is 0 Å². The van der Waals surface area contributed by atoms with Crippen LogP contribution < -0.4 is 5.48 Å². The van der Waals surface area contributed by atoms with Gasteiger partial charge < -0.3 is 9.79 Å². The van der Waals surface area contributed by atoms with Gasteiger partial charge in [-0.2, -0.15) is 4.62 Å². The van der Waals surface area contributed by atoms with Crippen LogP contribution in [0, 0.1) is 0 Å². The zero-order valence-corrected chi connectivity index (χ0v) is 8.57. The van der Waals surface area contributed by atoms with Crippen molar-refractivity contribution in [3.05, 3.63) is 29.8 Å². The summed E-state index contributed by atoms with van der Waals surface area (Å²) in [5.74, 6) is 0. The second kappa shape index (κ2) is 4.57. The topological polar surface area (TPSA) is 78.8 Å². The highest BCUT2D eigenvalue weighted by Gasteiger charge is 2.14. The molecule has 0 aliphatic heterocycles. The molecule has 0 spiro atoms. The fourth-order valence-electron chi connectivity index (χ4n) is 1.04. The minimum atomic E-state index is -4.47. The van der Waals surface area contributed by atoms with E-state index in [2.05, 4.69) is 10.1 Å². The van der Waals surface area contributed by atoms with Gasteiger partial charge >= 0.3 is 7.82 Å². The Morgan fingerprint density at radius 2 is 2.07 bits per heavy atom. The van der Waals surface area contributed by atoms with E-state index in [0.717, 1.165) is 12.0 Å². The normalized spacial score (nSPS) is 11.4. The second-order valence-corrected chi connectivity index (χ2v) is 3.86. The van der Waals surface area contributed by atoms with Gasteiger partial charge in [-0.15, -0.1) is 0 Å². The summed E-state index contributed by atoms with van der Waals surface area (Å²) in [5.41, 5.74) is 3.74. The molecule has 5 nitrogen and oxygen atoms in total. The van der Waals surface area contributed by atoms with Gasteiger partial charge in [-0.25, -0.2) is 4.57 Å². The Labute approximate surface area is 81.9 Å². The molecule has 0 radical (unpaired) electrons. The van der Waals surface area contributed by atoms with E-state index < -0.39 is 7.82 Å². The summed E-state index contributed by atoms with van der Waals surface area (Å²) >= 11 is 0. The number of rotatable bonds is 4. The number of benzene rings is 1. The van der Waals surface area contributed by atoms with Gasteiger partial charge in [0.05, 0.1) is 5.69 Å².